The molecule has 4 nitrogen and oxygen atoms in total. The monoisotopic (exact) mass is 332 g/mol. The molecule has 24 heavy (non-hydrogen) atoms. The highest BCUT2D eigenvalue weighted by Crippen LogP contribution is 2.26. The van der Waals surface area contributed by atoms with Crippen molar-refractivity contribution in [3.8, 4) is 12.1 Å². The van der Waals surface area contributed by atoms with Gasteiger partial charge in [-0.25, -0.2) is 4.98 Å². The van der Waals surface area contributed by atoms with Gasteiger partial charge in [0, 0.05) is 16.5 Å². The number of rotatable bonds is 3. The number of hydrogen-bond acceptors (Lipinski definition) is 4. The zero-order valence-corrected chi connectivity index (χ0v) is 13.7. The van der Waals surface area contributed by atoms with E-state index in [0.717, 1.165) is 10.9 Å². The molecule has 1 atom stereocenters. The van der Waals surface area contributed by atoms with Gasteiger partial charge in [-0.2, -0.15) is 10.5 Å². The lowest BCUT2D eigenvalue weighted by Gasteiger charge is -2.16. The molecule has 0 bridgehead atoms. The molecular weight excluding hydrogens is 320 g/mol. The fourth-order valence-electron chi connectivity index (χ4n) is 2.55. The van der Waals surface area contributed by atoms with Crippen LogP contribution in [0.1, 0.15) is 29.7 Å². The molecule has 2 aromatic carbocycles. The summed E-state index contributed by atoms with van der Waals surface area (Å²) in [4.78, 5) is 4.55. The third-order valence-corrected chi connectivity index (χ3v) is 4.01. The molecule has 0 amide bonds. The lowest BCUT2D eigenvalue weighted by atomic mass is 10.1. The number of pyridine rings is 1. The highest BCUT2D eigenvalue weighted by Gasteiger charge is 2.10. The Balaban J connectivity index is 1.96. The van der Waals surface area contributed by atoms with Crippen LogP contribution < -0.4 is 5.32 Å². The number of benzene rings is 2. The molecule has 1 unspecified atom stereocenters. The van der Waals surface area contributed by atoms with Gasteiger partial charge in [0.1, 0.15) is 5.82 Å². The molecule has 0 aliphatic rings. The van der Waals surface area contributed by atoms with Gasteiger partial charge in [-0.3, -0.25) is 0 Å². The zero-order chi connectivity index (χ0) is 17.1. The maximum absolute atomic E-state index is 9.39. The van der Waals surface area contributed by atoms with Crippen molar-refractivity contribution in [1.82, 2.24) is 4.98 Å². The Morgan fingerprint density at radius 3 is 2.67 bits per heavy atom. The second-order valence-corrected chi connectivity index (χ2v) is 5.87. The lowest BCUT2D eigenvalue weighted by Crippen LogP contribution is -2.08. The van der Waals surface area contributed by atoms with Gasteiger partial charge < -0.3 is 5.32 Å². The van der Waals surface area contributed by atoms with Gasteiger partial charge in [-0.05, 0) is 48.9 Å². The average Bonchev–Trinajstić information content (AvgIpc) is 2.61. The van der Waals surface area contributed by atoms with Gasteiger partial charge in [-0.15, -0.1) is 0 Å². The molecule has 3 aromatic rings. The second-order valence-electron chi connectivity index (χ2n) is 5.43. The van der Waals surface area contributed by atoms with E-state index in [1.807, 2.05) is 25.1 Å². The Hall–Kier alpha value is -3.08. The zero-order valence-electron chi connectivity index (χ0n) is 12.9. The number of hydrogen-bond donors (Lipinski definition) is 1. The minimum Gasteiger partial charge on any atom is -0.363 e. The molecule has 0 radical (unpaired) electrons. The topological polar surface area (TPSA) is 72.5 Å². The average molecular weight is 333 g/mol. The summed E-state index contributed by atoms with van der Waals surface area (Å²) in [6, 6.07) is 18.7. The van der Waals surface area contributed by atoms with Crippen molar-refractivity contribution in [1.29, 1.82) is 10.5 Å². The molecule has 116 valence electrons. The minimum atomic E-state index is -0.0536. The highest BCUT2D eigenvalue weighted by molar-refractivity contribution is 6.31. The summed E-state index contributed by atoms with van der Waals surface area (Å²) in [5, 5.41) is 23.0. The maximum Gasteiger partial charge on any atom is 0.128 e. The summed E-state index contributed by atoms with van der Waals surface area (Å²) < 4.78 is 0. The standard InChI is InChI=1S/C19H13ClN4/c1-12(14-4-2-3-13(7-14)10-21)23-19-8-15(11-22)17-9-16(20)5-6-18(17)24-19/h2-9,12H,1H3,(H,23,24). The molecule has 1 aromatic heterocycles. The van der Waals surface area contributed by atoms with Crippen molar-refractivity contribution >= 4 is 28.3 Å². The summed E-state index contributed by atoms with van der Waals surface area (Å²) in [6.07, 6.45) is 0. The van der Waals surface area contributed by atoms with Crippen LogP contribution in [0, 0.1) is 22.7 Å². The predicted molar refractivity (Wildman–Crippen MR) is 94.7 cm³/mol. The van der Waals surface area contributed by atoms with Crippen molar-refractivity contribution in [2.24, 2.45) is 0 Å². The highest BCUT2D eigenvalue weighted by atomic mass is 35.5. The second kappa shape index (κ2) is 6.58. The lowest BCUT2D eigenvalue weighted by molar-refractivity contribution is 0.876. The molecule has 5 heteroatoms. The van der Waals surface area contributed by atoms with E-state index < -0.39 is 0 Å². The minimum absolute atomic E-state index is 0.0536. The number of aromatic nitrogens is 1. The van der Waals surface area contributed by atoms with Crippen LogP contribution in [0.15, 0.2) is 48.5 Å². The molecule has 1 heterocycles. The van der Waals surface area contributed by atoms with Gasteiger partial charge in [0.05, 0.1) is 28.8 Å². The molecule has 0 saturated heterocycles. The van der Waals surface area contributed by atoms with Crippen LogP contribution >= 0.6 is 11.6 Å². The van der Waals surface area contributed by atoms with Crippen molar-refractivity contribution in [3.63, 3.8) is 0 Å². The smallest absolute Gasteiger partial charge is 0.128 e. The first-order valence-electron chi connectivity index (χ1n) is 7.37. The van der Waals surface area contributed by atoms with Gasteiger partial charge in [0.25, 0.3) is 0 Å². The Labute approximate surface area is 144 Å². The van der Waals surface area contributed by atoms with Gasteiger partial charge in [0.2, 0.25) is 0 Å². The van der Waals surface area contributed by atoms with E-state index >= 15 is 0 Å². The third-order valence-electron chi connectivity index (χ3n) is 3.77. The number of nitrogens with one attached hydrogen (secondary N) is 1. The van der Waals surface area contributed by atoms with E-state index in [0.29, 0.717) is 27.5 Å². The molecular formula is C19H13ClN4. The van der Waals surface area contributed by atoms with Crippen LogP contribution in [0.25, 0.3) is 10.9 Å². The van der Waals surface area contributed by atoms with Crippen molar-refractivity contribution < 1.29 is 0 Å². The van der Waals surface area contributed by atoms with Crippen LogP contribution in [-0.4, -0.2) is 4.98 Å². The third kappa shape index (κ3) is 3.15. The Morgan fingerprint density at radius 2 is 1.92 bits per heavy atom. The maximum atomic E-state index is 9.39. The van der Waals surface area contributed by atoms with Crippen molar-refractivity contribution in [3.05, 3.63) is 70.2 Å². The molecule has 3 rings (SSSR count). The summed E-state index contributed by atoms with van der Waals surface area (Å²) in [5.74, 6) is 0.608. The number of anilines is 1. The van der Waals surface area contributed by atoms with Gasteiger partial charge in [0.15, 0.2) is 0 Å². The Morgan fingerprint density at radius 1 is 1.08 bits per heavy atom. The molecule has 1 N–H and O–H groups in total. The van der Waals surface area contributed by atoms with E-state index in [-0.39, 0.29) is 6.04 Å². The van der Waals surface area contributed by atoms with Gasteiger partial charge >= 0.3 is 0 Å². The fourth-order valence-corrected chi connectivity index (χ4v) is 2.72. The molecule has 0 aliphatic carbocycles. The van der Waals surface area contributed by atoms with E-state index in [4.69, 9.17) is 16.9 Å². The number of nitriles is 2. The number of halogens is 1. The molecule has 0 fully saturated rings. The number of nitrogens with zero attached hydrogens (tertiary/aromatic N) is 3. The van der Waals surface area contributed by atoms with Crippen LogP contribution in [-0.2, 0) is 0 Å². The summed E-state index contributed by atoms with van der Waals surface area (Å²) >= 11 is 6.00. The molecule has 0 saturated carbocycles. The number of fused-ring (bicyclic) bond motifs is 1. The van der Waals surface area contributed by atoms with Crippen molar-refractivity contribution in [2.75, 3.05) is 5.32 Å². The van der Waals surface area contributed by atoms with Crippen LogP contribution in [0.2, 0.25) is 5.02 Å². The first-order valence-corrected chi connectivity index (χ1v) is 7.75. The fraction of sp³-hybridized carbons (Fsp3) is 0.105. The van der Waals surface area contributed by atoms with Crippen molar-refractivity contribution in [2.45, 2.75) is 13.0 Å². The normalized spacial score (nSPS) is 11.5. The SMILES string of the molecule is CC(Nc1cc(C#N)c2cc(Cl)ccc2n1)c1cccc(C#N)c1. The van der Waals surface area contributed by atoms with E-state index in [9.17, 15) is 5.26 Å². The summed E-state index contributed by atoms with van der Waals surface area (Å²) in [7, 11) is 0. The summed E-state index contributed by atoms with van der Waals surface area (Å²) in [6.45, 7) is 1.98. The molecule has 0 spiro atoms. The summed E-state index contributed by atoms with van der Waals surface area (Å²) in [5.41, 5.74) is 2.81. The van der Waals surface area contributed by atoms with Crippen LogP contribution in [0.4, 0.5) is 5.82 Å². The van der Waals surface area contributed by atoms with E-state index in [1.54, 1.807) is 30.3 Å². The van der Waals surface area contributed by atoms with E-state index in [1.165, 1.54) is 0 Å². The first-order chi connectivity index (χ1) is 11.6. The first kappa shape index (κ1) is 15.8. The Kier molecular flexibility index (Phi) is 4.33. The largest absolute Gasteiger partial charge is 0.363 e. The Bertz CT molecular complexity index is 998. The molecule has 0 aliphatic heterocycles. The van der Waals surface area contributed by atoms with Gasteiger partial charge in [-0.1, -0.05) is 23.7 Å². The van der Waals surface area contributed by atoms with E-state index in [2.05, 4.69) is 22.4 Å². The van der Waals surface area contributed by atoms with Crippen LogP contribution in [0.3, 0.4) is 0 Å². The quantitative estimate of drug-likeness (QED) is 0.747. The van der Waals surface area contributed by atoms with Crippen LogP contribution in [0.5, 0.6) is 0 Å². The predicted octanol–water partition coefficient (Wildman–Crippen LogP) is 4.80.